The van der Waals surface area contributed by atoms with Crippen LogP contribution in [-0.2, 0) is 10.4 Å². The molecule has 0 rings (SSSR count). The van der Waals surface area contributed by atoms with Gasteiger partial charge in [0.2, 0.25) is 0 Å². The van der Waals surface area contributed by atoms with Crippen molar-refractivity contribution >= 4 is 10.4 Å². The summed E-state index contributed by atoms with van der Waals surface area (Å²) in [6.45, 7) is 8.85. The molecule has 0 aromatic rings. The van der Waals surface area contributed by atoms with Crippen LogP contribution in [0.25, 0.3) is 0 Å². The largest absolute Gasteiger partial charge is 1.00 e. The molecule has 0 aromatic heterocycles. The Morgan fingerprint density at radius 3 is 1.30 bits per heavy atom. The first kappa shape index (κ1) is 28.7. The second kappa shape index (κ2) is 20.9. The predicted octanol–water partition coefficient (Wildman–Crippen LogP) is 2.90. The number of hydrogen-bond acceptors (Lipinski definition) is 2. The molecule has 0 heterocycles. The molecule has 4 nitrogen and oxygen atoms in total. The van der Waals surface area contributed by atoms with Crippen LogP contribution in [0.5, 0.6) is 0 Å². The third-order valence-electron chi connectivity index (χ3n) is 3.68. The van der Waals surface area contributed by atoms with E-state index in [1.54, 1.807) is 0 Å². The topological polar surface area (TPSA) is 74.6 Å². The minimum Gasteiger partial charge on any atom is -0.340 e. The molecule has 6 heteroatoms. The number of hydrogen-bond donors (Lipinski definition) is 2. The molecule has 23 heavy (non-hydrogen) atoms. The maximum atomic E-state index is 8.74. The van der Waals surface area contributed by atoms with Crippen LogP contribution in [0, 0.1) is 12.8 Å². The summed E-state index contributed by atoms with van der Waals surface area (Å²) in [6, 6.07) is 0. The standard InChI is InChI=1S/C17H35.Na.H2O4S/c1-4-6-8-10-12-14-16-17(3)15-13-11-9-7-5-2;;1-5(2,3)4/h17H,3-16H2,1-2H3;;(H2,1,2,3,4)/q-1;+1;. The van der Waals surface area contributed by atoms with Crippen LogP contribution >= 0.6 is 0 Å². The van der Waals surface area contributed by atoms with Gasteiger partial charge in [0.15, 0.2) is 0 Å². The Hall–Kier alpha value is 0.870. The molecular formula is C17H37NaO4S. The second-order valence-corrected chi connectivity index (χ2v) is 6.97. The molecule has 0 saturated carbocycles. The molecule has 2 N–H and O–H groups in total. The van der Waals surface area contributed by atoms with Crippen molar-refractivity contribution in [2.45, 2.75) is 97.3 Å². The molecule has 0 amide bonds. The average molecular weight is 361 g/mol. The molecule has 0 fully saturated rings. The van der Waals surface area contributed by atoms with Gasteiger partial charge in [0.05, 0.1) is 0 Å². The number of unbranched alkanes of at least 4 members (excludes halogenated alkanes) is 9. The zero-order chi connectivity index (χ0) is 17.3. The van der Waals surface area contributed by atoms with E-state index in [1.165, 1.54) is 83.5 Å². The summed E-state index contributed by atoms with van der Waals surface area (Å²) in [5.41, 5.74) is 0. The van der Waals surface area contributed by atoms with Crippen molar-refractivity contribution in [3.8, 4) is 0 Å². The van der Waals surface area contributed by atoms with E-state index in [1.807, 2.05) is 0 Å². The molecule has 1 atom stereocenters. The van der Waals surface area contributed by atoms with Crippen LogP contribution in [0.15, 0.2) is 0 Å². The SMILES string of the molecule is O=S(=O)(O)O.[CH2-]C(CCCCCCC)CCCCCCCC.[Na+]. The van der Waals surface area contributed by atoms with Crippen molar-refractivity contribution in [2.24, 2.45) is 5.92 Å². The van der Waals surface area contributed by atoms with E-state index < -0.39 is 10.4 Å². The molecule has 0 spiro atoms. The van der Waals surface area contributed by atoms with E-state index >= 15 is 0 Å². The Morgan fingerprint density at radius 1 is 0.739 bits per heavy atom. The van der Waals surface area contributed by atoms with Gasteiger partial charge in [-0.1, -0.05) is 97.3 Å². The van der Waals surface area contributed by atoms with Gasteiger partial charge < -0.3 is 6.92 Å². The number of rotatable bonds is 13. The summed E-state index contributed by atoms with van der Waals surface area (Å²) >= 11 is 0. The summed E-state index contributed by atoms with van der Waals surface area (Å²) in [7, 11) is -4.67. The molecule has 0 saturated heterocycles. The zero-order valence-corrected chi connectivity index (χ0v) is 18.4. The van der Waals surface area contributed by atoms with Gasteiger partial charge in [-0.15, -0.1) is 0 Å². The zero-order valence-electron chi connectivity index (χ0n) is 15.6. The Balaban J connectivity index is -0.000000578. The van der Waals surface area contributed by atoms with Gasteiger partial charge >= 0.3 is 40.0 Å². The van der Waals surface area contributed by atoms with Crippen molar-refractivity contribution in [1.29, 1.82) is 0 Å². The fraction of sp³-hybridized carbons (Fsp3) is 0.941. The minimum atomic E-state index is -4.67. The fourth-order valence-corrected chi connectivity index (χ4v) is 2.39. The summed E-state index contributed by atoms with van der Waals surface area (Å²) in [5, 5.41) is 0. The van der Waals surface area contributed by atoms with Gasteiger partial charge in [0.1, 0.15) is 0 Å². The Morgan fingerprint density at radius 2 is 1.00 bits per heavy atom. The van der Waals surface area contributed by atoms with Crippen LogP contribution in [0.4, 0.5) is 0 Å². The summed E-state index contributed by atoms with van der Waals surface area (Å²) in [6.07, 6.45) is 18.3. The minimum absolute atomic E-state index is 0. The summed E-state index contributed by atoms with van der Waals surface area (Å²) < 4.78 is 31.6. The molecule has 0 aliphatic carbocycles. The van der Waals surface area contributed by atoms with Crippen LogP contribution in [0.2, 0.25) is 0 Å². The van der Waals surface area contributed by atoms with Gasteiger partial charge in [-0.05, 0) is 0 Å². The predicted molar refractivity (Wildman–Crippen MR) is 94.4 cm³/mol. The van der Waals surface area contributed by atoms with Gasteiger partial charge in [-0.3, -0.25) is 9.11 Å². The molecular weight excluding hydrogens is 323 g/mol. The van der Waals surface area contributed by atoms with Gasteiger partial charge in [0.25, 0.3) is 0 Å². The van der Waals surface area contributed by atoms with Crippen molar-refractivity contribution < 1.29 is 47.1 Å². The van der Waals surface area contributed by atoms with Crippen molar-refractivity contribution in [3.63, 3.8) is 0 Å². The van der Waals surface area contributed by atoms with Crippen LogP contribution in [0.1, 0.15) is 97.3 Å². The molecule has 136 valence electrons. The van der Waals surface area contributed by atoms with Crippen LogP contribution < -0.4 is 29.6 Å². The second-order valence-electron chi connectivity index (χ2n) is 6.07. The normalized spacial score (nSPS) is 12.0. The summed E-state index contributed by atoms with van der Waals surface area (Å²) in [4.78, 5) is 0. The molecule has 0 aliphatic rings. The monoisotopic (exact) mass is 360 g/mol. The van der Waals surface area contributed by atoms with E-state index in [2.05, 4.69) is 20.8 Å². The van der Waals surface area contributed by atoms with Crippen LogP contribution in [-0.4, -0.2) is 17.5 Å². The maximum absolute atomic E-state index is 8.74. The molecule has 0 aromatic carbocycles. The molecule has 0 bridgehead atoms. The Kier molecular flexibility index (Phi) is 26.1. The smallest absolute Gasteiger partial charge is 0.340 e. The van der Waals surface area contributed by atoms with E-state index in [0.29, 0.717) is 0 Å². The summed E-state index contributed by atoms with van der Waals surface area (Å²) in [5.74, 6) is 0.725. The van der Waals surface area contributed by atoms with Crippen molar-refractivity contribution in [3.05, 3.63) is 6.92 Å². The first-order valence-corrected chi connectivity index (χ1v) is 10.2. The Bertz CT molecular complexity index is 300. The molecule has 0 radical (unpaired) electrons. The third-order valence-corrected chi connectivity index (χ3v) is 3.68. The molecule has 0 aliphatic heterocycles. The van der Waals surface area contributed by atoms with Crippen LogP contribution in [0.3, 0.4) is 0 Å². The van der Waals surface area contributed by atoms with E-state index in [9.17, 15) is 0 Å². The quantitative estimate of drug-likeness (QED) is 0.229. The first-order chi connectivity index (χ1) is 10.3. The van der Waals surface area contributed by atoms with Crippen molar-refractivity contribution in [1.82, 2.24) is 0 Å². The Labute approximate surface area is 167 Å². The van der Waals surface area contributed by atoms with Crippen molar-refractivity contribution in [2.75, 3.05) is 0 Å². The maximum Gasteiger partial charge on any atom is 1.00 e. The van der Waals surface area contributed by atoms with E-state index in [0.717, 1.165) is 5.92 Å². The van der Waals surface area contributed by atoms with E-state index in [4.69, 9.17) is 17.5 Å². The average Bonchev–Trinajstić information content (AvgIpc) is 2.40. The van der Waals surface area contributed by atoms with Gasteiger partial charge in [0, 0.05) is 0 Å². The van der Waals surface area contributed by atoms with E-state index in [-0.39, 0.29) is 29.6 Å². The first-order valence-electron chi connectivity index (χ1n) is 8.84. The third kappa shape index (κ3) is 39.6. The van der Waals surface area contributed by atoms with Gasteiger partial charge in [-0.2, -0.15) is 14.3 Å². The van der Waals surface area contributed by atoms with Gasteiger partial charge in [-0.25, -0.2) is 0 Å². The fourth-order valence-electron chi connectivity index (χ4n) is 2.39. The molecule has 1 unspecified atom stereocenters.